The van der Waals surface area contributed by atoms with Crippen LogP contribution in [0.25, 0.3) is 14.5 Å². The van der Waals surface area contributed by atoms with Gasteiger partial charge in [0.05, 0.1) is 34.7 Å². The molecular weight excluding hydrogens is 466 g/mol. The Morgan fingerprint density at radius 3 is 2.04 bits per heavy atom. The molecule has 0 spiro atoms. The van der Waals surface area contributed by atoms with E-state index >= 15 is 0 Å². The highest BCUT2D eigenvalue weighted by molar-refractivity contribution is 9.10. The highest BCUT2D eigenvalue weighted by atomic mass is 79.9. The molecule has 0 aromatic heterocycles. The Morgan fingerprint density at radius 1 is 0.962 bits per heavy atom. The van der Waals surface area contributed by atoms with E-state index in [4.69, 9.17) is 54.5 Å². The van der Waals surface area contributed by atoms with Gasteiger partial charge in [0, 0.05) is 21.6 Å². The van der Waals surface area contributed by atoms with Gasteiger partial charge in [-0.15, -0.1) is 0 Å². The van der Waals surface area contributed by atoms with Crippen LogP contribution < -0.4 is 0 Å². The molecule has 2 rings (SSSR count). The van der Waals surface area contributed by atoms with Gasteiger partial charge in [-0.25, -0.2) is 14.5 Å². The highest BCUT2D eigenvalue weighted by Crippen LogP contribution is 2.49. The molecule has 0 radical (unpaired) electrons. The minimum atomic E-state index is -0.609. The second kappa shape index (κ2) is 7.91. The van der Waals surface area contributed by atoms with E-state index in [9.17, 15) is 10.1 Å². The normalized spacial score (nSPS) is 9.88. The molecule has 0 saturated heterocycles. The molecule has 0 amide bonds. The van der Waals surface area contributed by atoms with Crippen molar-refractivity contribution >= 4 is 73.5 Å². The number of hydrogen-bond donors (Lipinski definition) is 0. The maximum atomic E-state index is 11.0. The van der Waals surface area contributed by atoms with Crippen LogP contribution in [0.1, 0.15) is 11.1 Å². The molecule has 128 valence electrons. The van der Waals surface area contributed by atoms with Crippen molar-refractivity contribution in [1.29, 1.82) is 0 Å². The quantitative estimate of drug-likeness (QED) is 0.201. The second-order valence-corrected chi connectivity index (χ2v) is 6.80. The van der Waals surface area contributed by atoms with Crippen molar-refractivity contribution in [2.24, 2.45) is 0 Å². The lowest BCUT2D eigenvalue weighted by Crippen LogP contribution is -1.96. The summed E-state index contributed by atoms with van der Waals surface area (Å²) in [6.45, 7) is 21.7. The summed E-state index contributed by atoms with van der Waals surface area (Å²) in [4.78, 5) is 20.1. The van der Waals surface area contributed by atoms with Gasteiger partial charge in [0.1, 0.15) is 0 Å². The van der Waals surface area contributed by atoms with Crippen LogP contribution >= 0.6 is 50.7 Å². The Labute approximate surface area is 171 Å². The summed E-state index contributed by atoms with van der Waals surface area (Å²) >= 11 is 21.8. The summed E-state index contributed by atoms with van der Waals surface area (Å²) in [6, 6.07) is 2.40. The van der Waals surface area contributed by atoms with Crippen LogP contribution in [0, 0.1) is 29.8 Å². The van der Waals surface area contributed by atoms with Crippen molar-refractivity contribution in [1.82, 2.24) is 0 Å². The van der Waals surface area contributed by atoms with Gasteiger partial charge in [0.25, 0.3) is 5.69 Å². The second-order valence-electron chi connectivity index (χ2n) is 4.81. The van der Waals surface area contributed by atoms with Crippen LogP contribution in [0.2, 0.25) is 15.1 Å². The molecule has 0 bridgehead atoms. The Morgan fingerprint density at radius 2 is 1.54 bits per heavy atom. The summed E-state index contributed by atoms with van der Waals surface area (Å²) in [5.74, 6) is 0. The molecule has 0 aliphatic rings. The summed E-state index contributed by atoms with van der Waals surface area (Å²) in [5.41, 5.74) is 0.176. The Balaban J connectivity index is 2.74. The molecule has 0 fully saturated rings. The predicted octanol–water partition coefficient (Wildman–Crippen LogP) is 7.56. The van der Waals surface area contributed by atoms with Crippen LogP contribution in [-0.4, -0.2) is 4.92 Å². The first kappa shape index (κ1) is 20.0. The standard InChI is InChI=1S/C16H4BrCl3N4O2/c1-21-11-5-7(24(25)26)4-10(17)8(11)6-9-12(18)14(20)16(23-3)15(22-2)13(9)19/h4-5H,6H2. The summed E-state index contributed by atoms with van der Waals surface area (Å²) in [6.07, 6.45) is -0.00548. The van der Waals surface area contributed by atoms with Crippen molar-refractivity contribution < 1.29 is 4.92 Å². The fraction of sp³-hybridized carbons (Fsp3) is 0.0625. The van der Waals surface area contributed by atoms with Gasteiger partial charge in [0.2, 0.25) is 11.4 Å². The molecule has 0 aliphatic carbocycles. The topological polar surface area (TPSA) is 56.2 Å². The number of hydrogen-bond acceptors (Lipinski definition) is 2. The van der Waals surface area contributed by atoms with Crippen molar-refractivity contribution in [2.75, 3.05) is 0 Å². The van der Waals surface area contributed by atoms with Gasteiger partial charge in [-0.3, -0.25) is 10.1 Å². The van der Waals surface area contributed by atoms with Crippen LogP contribution in [0.5, 0.6) is 0 Å². The third kappa shape index (κ3) is 3.46. The average Bonchev–Trinajstić information content (AvgIpc) is 2.61. The Bertz CT molecular complexity index is 1080. The van der Waals surface area contributed by atoms with Crippen LogP contribution in [-0.2, 0) is 6.42 Å². The van der Waals surface area contributed by atoms with E-state index in [2.05, 4.69) is 30.5 Å². The monoisotopic (exact) mass is 468 g/mol. The lowest BCUT2D eigenvalue weighted by molar-refractivity contribution is -0.384. The fourth-order valence-electron chi connectivity index (χ4n) is 2.21. The molecule has 0 unspecified atom stereocenters. The van der Waals surface area contributed by atoms with E-state index in [1.807, 2.05) is 0 Å². The lowest BCUT2D eigenvalue weighted by Gasteiger charge is -2.14. The summed E-state index contributed by atoms with van der Waals surface area (Å²) in [7, 11) is 0. The van der Waals surface area contributed by atoms with Crippen LogP contribution in [0.4, 0.5) is 22.7 Å². The van der Waals surface area contributed by atoms with Gasteiger partial charge in [0.15, 0.2) is 5.69 Å². The SMILES string of the molecule is [C-]#[N+]c1cc([N+](=O)[O-])cc(Br)c1Cc1c(Cl)c(Cl)c([N+]#[C-])c([N+]#[C-])c1Cl. The van der Waals surface area contributed by atoms with E-state index in [1.165, 1.54) is 6.07 Å². The molecule has 10 heteroatoms. The third-order valence-electron chi connectivity index (χ3n) is 3.43. The molecule has 0 N–H and O–H groups in total. The third-order valence-corrected chi connectivity index (χ3v) is 5.42. The number of halogens is 4. The maximum absolute atomic E-state index is 11.0. The molecule has 0 heterocycles. The van der Waals surface area contributed by atoms with Gasteiger partial charge >= 0.3 is 0 Å². The molecule has 6 nitrogen and oxygen atoms in total. The number of nitrogens with zero attached hydrogens (tertiary/aromatic N) is 4. The fourth-order valence-corrected chi connectivity index (χ4v) is 3.62. The molecule has 2 aromatic carbocycles. The van der Waals surface area contributed by atoms with Gasteiger partial charge in [-0.1, -0.05) is 50.7 Å². The van der Waals surface area contributed by atoms with Crippen molar-refractivity contribution in [3.05, 3.63) is 87.2 Å². The average molecular weight is 470 g/mol. The van der Waals surface area contributed by atoms with E-state index in [1.54, 1.807) is 0 Å². The number of nitro groups is 1. The van der Waals surface area contributed by atoms with E-state index in [0.29, 0.717) is 10.0 Å². The van der Waals surface area contributed by atoms with Crippen LogP contribution in [0.15, 0.2) is 16.6 Å². The summed E-state index contributed by atoms with van der Waals surface area (Å²) in [5, 5.41) is 10.8. The first-order valence-electron chi connectivity index (χ1n) is 6.55. The van der Waals surface area contributed by atoms with Gasteiger partial charge < -0.3 is 0 Å². The summed E-state index contributed by atoms with van der Waals surface area (Å²) < 4.78 is 0.319. The minimum Gasteiger partial charge on any atom is -0.258 e. The lowest BCUT2D eigenvalue weighted by atomic mass is 10.0. The van der Waals surface area contributed by atoms with Crippen molar-refractivity contribution in [2.45, 2.75) is 6.42 Å². The largest absolute Gasteiger partial charge is 0.260 e. The van der Waals surface area contributed by atoms with Gasteiger partial charge in [-0.2, -0.15) is 0 Å². The molecule has 0 aliphatic heterocycles. The number of nitro benzene ring substituents is 1. The first-order chi connectivity index (χ1) is 12.3. The molecular formula is C16H4BrCl3N4O2. The number of rotatable bonds is 3. The highest BCUT2D eigenvalue weighted by Gasteiger charge is 2.24. The first-order valence-corrected chi connectivity index (χ1v) is 8.48. The Kier molecular flexibility index (Phi) is 6.08. The van der Waals surface area contributed by atoms with Gasteiger partial charge in [-0.05, 0) is 17.5 Å². The number of non-ortho nitro benzene ring substituents is 1. The van der Waals surface area contributed by atoms with E-state index < -0.39 is 4.92 Å². The van der Waals surface area contributed by atoms with E-state index in [-0.39, 0.29) is 49.8 Å². The van der Waals surface area contributed by atoms with Crippen LogP contribution in [0.3, 0.4) is 0 Å². The molecule has 2 aromatic rings. The zero-order chi connectivity index (χ0) is 19.6. The van der Waals surface area contributed by atoms with Crippen molar-refractivity contribution in [3.63, 3.8) is 0 Å². The molecule has 26 heavy (non-hydrogen) atoms. The maximum Gasteiger partial charge on any atom is 0.260 e. The smallest absolute Gasteiger partial charge is 0.258 e. The zero-order valence-corrected chi connectivity index (χ0v) is 16.3. The minimum absolute atomic E-state index is 0.00347. The van der Waals surface area contributed by atoms with Crippen molar-refractivity contribution in [3.8, 4) is 0 Å². The number of benzene rings is 2. The zero-order valence-electron chi connectivity index (χ0n) is 12.5. The predicted molar refractivity (Wildman–Crippen MR) is 104 cm³/mol. The van der Waals surface area contributed by atoms with E-state index in [0.717, 1.165) is 6.07 Å². The Hall–Kier alpha value is -2.34. The molecule has 0 atom stereocenters. The molecule has 0 saturated carbocycles.